The molecule has 0 heterocycles. The summed E-state index contributed by atoms with van der Waals surface area (Å²) in [6, 6.07) is 7.11. The topological polar surface area (TPSA) is 46.5 Å². The quantitative estimate of drug-likeness (QED) is 0.745. The second-order valence-electron chi connectivity index (χ2n) is 3.97. The number of hydrogen-bond acceptors (Lipinski definition) is 2. The average Bonchev–Trinajstić information content (AvgIpc) is 2.36. The molecule has 0 radical (unpaired) electrons. The molecule has 96 valence electrons. The number of nitrogens with zero attached hydrogens (tertiary/aromatic N) is 1. The number of amides is 1. The van der Waals surface area contributed by atoms with Crippen molar-refractivity contribution >= 4 is 40.6 Å². The lowest BCUT2D eigenvalue weighted by Crippen LogP contribution is -2.10. The van der Waals surface area contributed by atoms with Gasteiger partial charge in [-0.2, -0.15) is 0 Å². The van der Waals surface area contributed by atoms with Crippen molar-refractivity contribution in [2.75, 3.05) is 0 Å². The summed E-state index contributed by atoms with van der Waals surface area (Å²) in [5.74, 6) is -0.866. The van der Waals surface area contributed by atoms with Gasteiger partial charge in [0.2, 0.25) is 5.78 Å². The molecule has 2 rings (SSSR count). The van der Waals surface area contributed by atoms with Crippen LogP contribution in [0.2, 0.25) is 0 Å². The molecule has 0 N–H and O–H groups in total. The maximum absolute atomic E-state index is 12.0. The molecule has 0 bridgehead atoms. The molecule has 5 heteroatoms. The number of allylic oxidation sites excluding steroid dienone is 4. The van der Waals surface area contributed by atoms with Gasteiger partial charge in [0.05, 0.1) is 15.8 Å². The summed E-state index contributed by atoms with van der Waals surface area (Å²) >= 11 is 11.4. The third-order valence-electron chi connectivity index (χ3n) is 2.59. The van der Waals surface area contributed by atoms with Crippen molar-refractivity contribution in [3.05, 3.63) is 57.6 Å². The number of rotatable bonds is 1. The molecule has 3 nitrogen and oxygen atoms in total. The van der Waals surface area contributed by atoms with Crippen molar-refractivity contribution in [3.8, 4) is 0 Å². The zero-order valence-corrected chi connectivity index (χ0v) is 11.5. The number of hydrogen-bond donors (Lipinski definition) is 0. The van der Waals surface area contributed by atoms with E-state index in [0.29, 0.717) is 5.56 Å². The van der Waals surface area contributed by atoms with Crippen LogP contribution in [0, 0.1) is 6.92 Å². The van der Waals surface area contributed by atoms with Crippen LogP contribution in [0.25, 0.3) is 0 Å². The Morgan fingerprint density at radius 1 is 1.11 bits per heavy atom. The number of aryl methyl sites for hydroxylation is 1. The number of ketones is 1. The van der Waals surface area contributed by atoms with E-state index >= 15 is 0 Å². The summed E-state index contributed by atoms with van der Waals surface area (Å²) in [5.41, 5.74) is 1.60. The molecule has 0 aliphatic heterocycles. The van der Waals surface area contributed by atoms with Gasteiger partial charge in [-0.1, -0.05) is 41.4 Å². The molecule has 0 spiro atoms. The molecule has 19 heavy (non-hydrogen) atoms. The van der Waals surface area contributed by atoms with Crippen molar-refractivity contribution in [1.82, 2.24) is 0 Å². The summed E-state index contributed by atoms with van der Waals surface area (Å²) in [6.07, 6.45) is 2.65. The van der Waals surface area contributed by atoms with Gasteiger partial charge >= 0.3 is 0 Å². The number of halogens is 2. The SMILES string of the molecule is Cc1ccccc1C(=O)N=C1C=C(Cl)C(=O)C(Cl)=C1. The lowest BCUT2D eigenvalue weighted by Gasteiger charge is -2.06. The van der Waals surface area contributed by atoms with Crippen LogP contribution in [0.5, 0.6) is 0 Å². The van der Waals surface area contributed by atoms with Gasteiger partial charge in [0, 0.05) is 5.56 Å². The van der Waals surface area contributed by atoms with Crippen LogP contribution in [-0.4, -0.2) is 17.4 Å². The van der Waals surface area contributed by atoms with Crippen molar-refractivity contribution in [3.63, 3.8) is 0 Å². The highest BCUT2D eigenvalue weighted by Crippen LogP contribution is 2.20. The Morgan fingerprint density at radius 2 is 1.68 bits per heavy atom. The largest absolute Gasteiger partial charge is 0.287 e. The Bertz CT molecular complexity index is 633. The normalized spacial score (nSPS) is 14.9. The first kappa shape index (κ1) is 13.7. The van der Waals surface area contributed by atoms with Crippen LogP contribution < -0.4 is 0 Å². The summed E-state index contributed by atoms with van der Waals surface area (Å²) in [6.45, 7) is 1.82. The first-order chi connectivity index (χ1) is 8.99. The van der Waals surface area contributed by atoms with E-state index < -0.39 is 11.7 Å². The molecule has 1 aliphatic carbocycles. The first-order valence-electron chi connectivity index (χ1n) is 5.47. The van der Waals surface area contributed by atoms with Crippen molar-refractivity contribution in [2.24, 2.45) is 4.99 Å². The van der Waals surface area contributed by atoms with Crippen LogP contribution >= 0.6 is 23.2 Å². The van der Waals surface area contributed by atoms with E-state index in [4.69, 9.17) is 23.2 Å². The number of Topliss-reactive ketones (excluding diaryl/α,β-unsaturated/α-hetero) is 1. The van der Waals surface area contributed by atoms with E-state index in [-0.39, 0.29) is 15.8 Å². The molecular weight excluding hydrogens is 285 g/mol. The van der Waals surface area contributed by atoms with Crippen molar-refractivity contribution in [2.45, 2.75) is 6.92 Å². The predicted octanol–water partition coefficient (Wildman–Crippen LogP) is 3.40. The lowest BCUT2D eigenvalue weighted by molar-refractivity contribution is -0.111. The highest BCUT2D eigenvalue weighted by atomic mass is 35.5. The number of carbonyl (C=O) groups is 2. The van der Waals surface area contributed by atoms with Crippen LogP contribution in [0.3, 0.4) is 0 Å². The molecular formula is C14H9Cl2NO2. The first-order valence-corrected chi connectivity index (χ1v) is 6.22. The van der Waals surface area contributed by atoms with Crippen LogP contribution in [-0.2, 0) is 4.79 Å². The Kier molecular flexibility index (Phi) is 3.98. The molecule has 1 amide bonds. The van der Waals surface area contributed by atoms with Gasteiger partial charge in [0.25, 0.3) is 5.91 Å². The van der Waals surface area contributed by atoms with Gasteiger partial charge in [0.1, 0.15) is 0 Å². The number of aliphatic imine (C=N–C) groups is 1. The van der Waals surface area contributed by atoms with E-state index in [1.165, 1.54) is 12.2 Å². The molecule has 0 fully saturated rings. The average molecular weight is 294 g/mol. The highest BCUT2D eigenvalue weighted by molar-refractivity contribution is 6.57. The second-order valence-corrected chi connectivity index (χ2v) is 4.78. The second kappa shape index (κ2) is 5.51. The standard InChI is InChI=1S/C14H9Cl2NO2/c1-8-4-2-3-5-10(8)14(19)17-9-6-11(15)13(18)12(16)7-9/h2-7H,1H3. The van der Waals surface area contributed by atoms with Gasteiger partial charge in [-0.05, 0) is 30.7 Å². The smallest absolute Gasteiger partial charge is 0.277 e. The Labute approximate surface area is 120 Å². The van der Waals surface area contributed by atoms with E-state index in [1.54, 1.807) is 12.1 Å². The van der Waals surface area contributed by atoms with E-state index in [0.717, 1.165) is 5.56 Å². The number of benzene rings is 1. The van der Waals surface area contributed by atoms with Crippen LogP contribution in [0.1, 0.15) is 15.9 Å². The third-order valence-corrected chi connectivity index (χ3v) is 3.15. The Hall–Kier alpha value is -1.71. The molecule has 1 aromatic carbocycles. The summed E-state index contributed by atoms with van der Waals surface area (Å²) in [4.78, 5) is 27.3. The van der Waals surface area contributed by atoms with Crippen molar-refractivity contribution < 1.29 is 9.59 Å². The summed E-state index contributed by atoms with van der Waals surface area (Å²) in [7, 11) is 0. The monoisotopic (exact) mass is 293 g/mol. The third kappa shape index (κ3) is 3.00. The predicted molar refractivity (Wildman–Crippen MR) is 75.8 cm³/mol. The van der Waals surface area contributed by atoms with Crippen LogP contribution in [0.4, 0.5) is 0 Å². The van der Waals surface area contributed by atoms with E-state index in [1.807, 2.05) is 19.1 Å². The maximum atomic E-state index is 12.0. The fraction of sp³-hybridized carbons (Fsp3) is 0.0714. The molecule has 0 saturated carbocycles. The van der Waals surface area contributed by atoms with E-state index in [2.05, 4.69) is 4.99 Å². The molecule has 0 atom stereocenters. The molecule has 1 aromatic rings. The van der Waals surface area contributed by atoms with Gasteiger partial charge in [0.15, 0.2) is 0 Å². The Balaban J connectivity index is 2.36. The minimum atomic E-state index is -0.467. The minimum Gasteiger partial charge on any atom is -0.287 e. The van der Waals surface area contributed by atoms with Gasteiger partial charge in [-0.25, -0.2) is 4.99 Å². The van der Waals surface area contributed by atoms with Gasteiger partial charge < -0.3 is 0 Å². The highest BCUT2D eigenvalue weighted by Gasteiger charge is 2.18. The summed E-state index contributed by atoms with van der Waals surface area (Å²) < 4.78 is 0. The van der Waals surface area contributed by atoms with Crippen LogP contribution in [0.15, 0.2) is 51.5 Å². The van der Waals surface area contributed by atoms with Crippen molar-refractivity contribution in [1.29, 1.82) is 0 Å². The maximum Gasteiger partial charge on any atom is 0.277 e. The summed E-state index contributed by atoms with van der Waals surface area (Å²) in [5, 5.41) is -0.104. The number of carbonyl (C=O) groups excluding carboxylic acids is 2. The molecule has 0 aromatic heterocycles. The van der Waals surface area contributed by atoms with Gasteiger partial charge in [-0.15, -0.1) is 0 Å². The van der Waals surface area contributed by atoms with E-state index in [9.17, 15) is 9.59 Å². The molecule has 1 aliphatic rings. The van der Waals surface area contributed by atoms with Gasteiger partial charge in [-0.3, -0.25) is 9.59 Å². The molecule has 0 unspecified atom stereocenters. The zero-order chi connectivity index (χ0) is 14.0. The fourth-order valence-corrected chi connectivity index (χ4v) is 2.08. The Morgan fingerprint density at radius 3 is 2.26 bits per heavy atom. The lowest BCUT2D eigenvalue weighted by atomic mass is 10.1. The zero-order valence-electron chi connectivity index (χ0n) is 9.98. The minimum absolute atomic E-state index is 0.0520. The molecule has 0 saturated heterocycles. The fourth-order valence-electron chi connectivity index (χ4n) is 1.60.